The number of carboxylic acid groups (broad SMARTS) is 1. The molecule has 2 heterocycles. The zero-order valence-corrected chi connectivity index (χ0v) is 20.3. The van der Waals surface area contributed by atoms with Gasteiger partial charge in [0.2, 0.25) is 0 Å². The van der Waals surface area contributed by atoms with Crippen LogP contribution in [0.5, 0.6) is 0 Å². The summed E-state index contributed by atoms with van der Waals surface area (Å²) >= 11 is 0. The molecule has 0 spiro atoms. The minimum Gasteiger partial charge on any atom is -0.479 e. The smallest absolute Gasteiger partial charge is 0.355 e. The van der Waals surface area contributed by atoms with Crippen molar-refractivity contribution >= 4 is 18.2 Å². The first kappa shape index (κ1) is 25.3. The van der Waals surface area contributed by atoms with Crippen LogP contribution in [0.1, 0.15) is 37.7 Å². The largest absolute Gasteiger partial charge is 0.479 e. The van der Waals surface area contributed by atoms with E-state index in [9.17, 15) is 24.6 Å². The van der Waals surface area contributed by atoms with Crippen molar-refractivity contribution in [3.63, 3.8) is 0 Å². The van der Waals surface area contributed by atoms with Crippen LogP contribution in [0.2, 0.25) is 0 Å². The monoisotopic (exact) mass is 487 g/mol. The third-order valence-corrected chi connectivity index (χ3v) is 7.92. The Morgan fingerprint density at radius 2 is 2.09 bits per heavy atom. The van der Waals surface area contributed by atoms with E-state index in [1.54, 1.807) is 31.3 Å². The summed E-state index contributed by atoms with van der Waals surface area (Å²) in [4.78, 5) is 38.8. The Kier molecular flexibility index (Phi) is 7.04. The lowest BCUT2D eigenvalue weighted by Crippen LogP contribution is -2.57. The van der Waals surface area contributed by atoms with E-state index in [-0.39, 0.29) is 12.3 Å². The summed E-state index contributed by atoms with van der Waals surface area (Å²) in [6.07, 6.45) is 5.01. The molecule has 2 aliphatic carbocycles. The zero-order valence-electron chi connectivity index (χ0n) is 20.3. The van der Waals surface area contributed by atoms with Crippen molar-refractivity contribution in [2.45, 2.75) is 57.2 Å². The average Bonchev–Trinajstić information content (AvgIpc) is 3.43. The minimum absolute atomic E-state index is 0.118. The summed E-state index contributed by atoms with van der Waals surface area (Å²) in [5.41, 5.74) is -0.0283. The fraction of sp³-hybridized carbons (Fsp3) is 0.577. The van der Waals surface area contributed by atoms with Crippen LogP contribution < -0.4 is 0 Å². The van der Waals surface area contributed by atoms with Gasteiger partial charge in [0, 0.05) is 42.9 Å². The molecule has 0 unspecified atom stereocenters. The summed E-state index contributed by atoms with van der Waals surface area (Å²) in [7, 11) is 1.35. The number of carbonyl (C=O) groups excluding carboxylic acids is 2. The van der Waals surface area contributed by atoms with E-state index in [1.165, 1.54) is 7.11 Å². The number of aliphatic carboxylic acids is 1. The van der Waals surface area contributed by atoms with Gasteiger partial charge in [0.05, 0.1) is 6.10 Å². The van der Waals surface area contributed by atoms with E-state index in [0.29, 0.717) is 5.69 Å². The van der Waals surface area contributed by atoms with E-state index in [2.05, 4.69) is 4.98 Å². The lowest BCUT2D eigenvalue weighted by molar-refractivity contribution is -0.151. The molecule has 9 heteroatoms. The molecule has 0 radical (unpaired) electrons. The zero-order chi connectivity index (χ0) is 25.5. The number of allylic oxidation sites excluding steroid dienone is 1. The molecule has 35 heavy (non-hydrogen) atoms. The van der Waals surface area contributed by atoms with Gasteiger partial charge >= 0.3 is 11.9 Å². The fourth-order valence-electron chi connectivity index (χ4n) is 6.24. The number of hydrogen-bond donors (Lipinski definition) is 3. The first-order chi connectivity index (χ1) is 16.6. The molecule has 1 aromatic rings. The molecule has 0 amide bonds. The summed E-state index contributed by atoms with van der Waals surface area (Å²) in [5.74, 6) is -3.54. The number of nitrogens with one attached hydrogen (secondary N) is 1. The highest BCUT2D eigenvalue weighted by Gasteiger charge is 2.68. The highest BCUT2D eigenvalue weighted by atomic mass is 16.6. The molecule has 9 nitrogen and oxygen atoms in total. The number of methoxy groups -OCH3 is 1. The number of carboxylic acids is 1. The number of esters is 1. The fourth-order valence-corrected chi connectivity index (χ4v) is 6.24. The minimum atomic E-state index is -1.09. The molecule has 3 aliphatic rings. The molecule has 1 saturated carbocycles. The van der Waals surface area contributed by atoms with Gasteiger partial charge in [-0.05, 0) is 31.1 Å². The molecule has 4 bridgehead atoms. The van der Waals surface area contributed by atoms with E-state index in [1.807, 2.05) is 26.0 Å². The van der Waals surface area contributed by atoms with Gasteiger partial charge in [-0.15, -0.1) is 0 Å². The van der Waals surface area contributed by atoms with Gasteiger partial charge in [0.25, 0.3) is 0 Å². The number of hydrogen-bond acceptors (Lipinski definition) is 7. The van der Waals surface area contributed by atoms with E-state index >= 15 is 0 Å². The van der Waals surface area contributed by atoms with Gasteiger partial charge in [0.15, 0.2) is 6.10 Å². The molecule has 1 aliphatic heterocycles. The Hall–Kier alpha value is -2.75. The van der Waals surface area contributed by atoms with E-state index in [0.717, 1.165) is 11.9 Å². The van der Waals surface area contributed by atoms with Crippen LogP contribution in [0.4, 0.5) is 0 Å². The predicted octanol–water partition coefficient (Wildman–Crippen LogP) is 2.38. The Balaban J connectivity index is 1.76. The molecule has 2 fully saturated rings. The van der Waals surface area contributed by atoms with E-state index < -0.39 is 65.6 Å². The summed E-state index contributed by atoms with van der Waals surface area (Å²) in [6, 6.07) is 3.31. The Bertz CT molecular complexity index is 1020. The summed E-state index contributed by atoms with van der Waals surface area (Å²) < 4.78 is 17.9. The highest BCUT2D eigenvalue weighted by molar-refractivity contribution is 5.87. The van der Waals surface area contributed by atoms with Crippen LogP contribution in [-0.2, 0) is 23.8 Å². The molecule has 10 atom stereocenters. The van der Waals surface area contributed by atoms with Crippen LogP contribution in [0.15, 0.2) is 42.1 Å². The molecular formula is C26H33NO8. The van der Waals surface area contributed by atoms with Crippen LogP contribution >= 0.6 is 0 Å². The number of aliphatic hydroxyl groups is 1. The van der Waals surface area contributed by atoms with Crippen LogP contribution in [0.25, 0.3) is 0 Å². The average molecular weight is 488 g/mol. The van der Waals surface area contributed by atoms with Gasteiger partial charge in [-0.2, -0.15) is 0 Å². The summed E-state index contributed by atoms with van der Waals surface area (Å²) in [5, 5.41) is 21.2. The predicted molar refractivity (Wildman–Crippen MR) is 124 cm³/mol. The van der Waals surface area contributed by atoms with E-state index in [4.69, 9.17) is 14.2 Å². The van der Waals surface area contributed by atoms with Gasteiger partial charge in [-0.3, -0.25) is 0 Å². The van der Waals surface area contributed by atoms with Gasteiger partial charge < -0.3 is 34.2 Å². The normalized spacial score (nSPS) is 37.5. The Morgan fingerprint density at radius 3 is 2.69 bits per heavy atom. The lowest BCUT2D eigenvalue weighted by atomic mass is 9.57. The van der Waals surface area contributed by atoms with Crippen LogP contribution in [0, 0.1) is 29.6 Å². The van der Waals surface area contributed by atoms with Crippen molar-refractivity contribution in [1.29, 1.82) is 0 Å². The number of aromatic amines is 1. The molecule has 1 saturated heterocycles. The maximum absolute atomic E-state index is 12.8. The molecule has 3 N–H and O–H groups in total. The lowest BCUT2D eigenvalue weighted by Gasteiger charge is -2.48. The number of aromatic nitrogens is 1. The quantitative estimate of drug-likeness (QED) is 0.275. The first-order valence-corrected chi connectivity index (χ1v) is 11.9. The van der Waals surface area contributed by atoms with Crippen molar-refractivity contribution in [2.24, 2.45) is 29.6 Å². The Morgan fingerprint density at radius 1 is 1.34 bits per heavy atom. The van der Waals surface area contributed by atoms with Crippen LogP contribution in [0.3, 0.4) is 0 Å². The van der Waals surface area contributed by atoms with Crippen molar-refractivity contribution in [3.05, 3.63) is 47.8 Å². The number of rotatable bonds is 9. The number of H-pyrrole nitrogens is 1. The van der Waals surface area contributed by atoms with Gasteiger partial charge in [0.1, 0.15) is 29.8 Å². The maximum Gasteiger partial charge on any atom is 0.355 e. The number of ether oxygens (including phenoxy) is 3. The van der Waals surface area contributed by atoms with Crippen molar-refractivity contribution in [3.8, 4) is 0 Å². The number of aldehydes is 1. The second kappa shape index (κ2) is 9.72. The first-order valence-electron chi connectivity index (χ1n) is 11.9. The van der Waals surface area contributed by atoms with Crippen molar-refractivity contribution < 1.29 is 38.8 Å². The molecule has 4 rings (SSSR count). The second-order valence-electron chi connectivity index (χ2n) is 9.92. The maximum atomic E-state index is 12.8. The number of aliphatic hydroxyl groups excluding tert-OH is 1. The second-order valence-corrected chi connectivity index (χ2v) is 9.92. The topological polar surface area (TPSA) is 135 Å². The molecule has 0 aromatic carbocycles. The van der Waals surface area contributed by atoms with Crippen LogP contribution in [-0.4, -0.2) is 70.5 Å². The highest BCUT2D eigenvalue weighted by Crippen LogP contribution is 2.61. The Labute approximate surface area is 204 Å². The molecule has 190 valence electrons. The standard InChI is InChI=1S/C26H33NO8/c1-13(12-28)10-14(2)26-16(11-19(33-4)24(30)31)7-8-17-20(26)21(29)15(3)22(23(17)35-26)34-25(32)18-6-5-9-27-18/h5-10,12-13,15-17,19-23,27,29H,11H2,1-4H3,(H,30,31)/b14-10+/t13-,15-,16-,17-,19+,20+,21-,22-,23+,26+/m1/s1. The SMILES string of the molecule is CO[C@@H](C[C@H]1C=C[C@H]2[C@@H]3O[C@]1(/C(C)=C/[C@@H](C)C=O)[C@@H]2[C@H](O)[C@@H](C)[C@H]3OC(=O)c1ccc[nH]1)C(=O)O. The van der Waals surface area contributed by atoms with Crippen molar-refractivity contribution in [2.75, 3.05) is 7.11 Å². The summed E-state index contributed by atoms with van der Waals surface area (Å²) in [6.45, 7) is 5.44. The third kappa shape index (κ3) is 4.15. The molecule has 1 aromatic heterocycles. The third-order valence-electron chi connectivity index (χ3n) is 7.92. The van der Waals surface area contributed by atoms with Crippen molar-refractivity contribution in [1.82, 2.24) is 4.98 Å². The molecular weight excluding hydrogens is 454 g/mol. The van der Waals surface area contributed by atoms with Gasteiger partial charge in [-0.1, -0.05) is 32.1 Å². The number of carbonyl (C=O) groups is 3. The van der Waals surface area contributed by atoms with Gasteiger partial charge in [-0.25, -0.2) is 9.59 Å².